The second kappa shape index (κ2) is 5.59. The molecule has 0 aliphatic heterocycles. The number of thiazole rings is 1. The first-order valence-electron chi connectivity index (χ1n) is 4.78. The molecule has 16 heavy (non-hydrogen) atoms. The van der Waals surface area contributed by atoms with Crippen LogP contribution in [0.5, 0.6) is 0 Å². The molecule has 0 bridgehead atoms. The number of hydrogen-bond acceptors (Lipinski definition) is 4. The van der Waals surface area contributed by atoms with Crippen LogP contribution in [0.25, 0.3) is 9.88 Å². The fourth-order valence-electron chi connectivity index (χ4n) is 1.23. The quantitative estimate of drug-likeness (QED) is 0.896. The van der Waals surface area contributed by atoms with E-state index in [0.29, 0.717) is 11.6 Å². The summed E-state index contributed by atoms with van der Waals surface area (Å²) in [6.07, 6.45) is 0. The summed E-state index contributed by atoms with van der Waals surface area (Å²) in [7, 11) is 0. The molecule has 2 heterocycles. The molecule has 0 fully saturated rings. The lowest BCUT2D eigenvalue weighted by Crippen LogP contribution is -2.14. The molecule has 2 rings (SSSR count). The van der Waals surface area contributed by atoms with Gasteiger partial charge >= 0.3 is 0 Å². The van der Waals surface area contributed by atoms with E-state index in [1.54, 1.807) is 22.7 Å². The van der Waals surface area contributed by atoms with Crippen molar-refractivity contribution in [3.63, 3.8) is 0 Å². The summed E-state index contributed by atoms with van der Waals surface area (Å²) < 4.78 is 0. The van der Waals surface area contributed by atoms with Crippen LogP contribution in [0.4, 0.5) is 0 Å². The molecule has 0 aliphatic rings. The van der Waals surface area contributed by atoms with E-state index in [9.17, 15) is 0 Å². The van der Waals surface area contributed by atoms with E-state index in [1.165, 1.54) is 4.88 Å². The molecule has 2 aromatic rings. The van der Waals surface area contributed by atoms with E-state index in [-0.39, 0.29) is 0 Å². The molecule has 2 aromatic heterocycles. The lowest BCUT2D eigenvalue weighted by Gasteiger charge is -1.99. The molecular weight excluding hydrogens is 260 g/mol. The molecule has 0 atom stereocenters. The number of aromatic nitrogens is 1. The Bertz CT molecular complexity index is 462. The van der Waals surface area contributed by atoms with E-state index in [2.05, 4.69) is 33.7 Å². The Morgan fingerprint density at radius 1 is 1.50 bits per heavy atom. The van der Waals surface area contributed by atoms with Crippen molar-refractivity contribution < 1.29 is 0 Å². The Morgan fingerprint density at radius 3 is 3.06 bits per heavy atom. The van der Waals surface area contributed by atoms with Gasteiger partial charge in [0.15, 0.2) is 0 Å². The van der Waals surface area contributed by atoms with Crippen LogP contribution in [-0.4, -0.2) is 11.5 Å². The summed E-state index contributed by atoms with van der Waals surface area (Å²) in [5, 5.41) is 9.01. The second-order valence-electron chi connectivity index (χ2n) is 3.24. The van der Waals surface area contributed by atoms with Crippen LogP contribution in [0.15, 0.2) is 34.5 Å². The van der Waals surface area contributed by atoms with Gasteiger partial charge < -0.3 is 5.32 Å². The van der Waals surface area contributed by atoms with Crippen LogP contribution in [0.3, 0.4) is 0 Å². The molecule has 84 valence electrons. The Morgan fingerprint density at radius 2 is 2.38 bits per heavy atom. The predicted molar refractivity (Wildman–Crippen MR) is 72.1 cm³/mol. The first-order valence-corrected chi connectivity index (χ1v) is 6.91. The maximum absolute atomic E-state index is 5.66. The van der Waals surface area contributed by atoms with Crippen LogP contribution in [0.2, 0.25) is 0 Å². The number of nitrogens with one attached hydrogen (secondary N) is 1. The van der Waals surface area contributed by atoms with Crippen LogP contribution < -0.4 is 5.32 Å². The number of nitrogens with zero attached hydrogens (tertiary/aromatic N) is 1. The van der Waals surface area contributed by atoms with Gasteiger partial charge in [0.05, 0.1) is 10.6 Å². The third-order valence-corrected chi connectivity index (χ3v) is 3.97. The SMILES string of the molecule is C=C(Cl)CNCc1csc(-c2cccs2)n1. The Hall–Kier alpha value is -0.680. The highest BCUT2D eigenvalue weighted by atomic mass is 35.5. The van der Waals surface area contributed by atoms with Crippen molar-refractivity contribution in [1.82, 2.24) is 10.3 Å². The molecule has 0 aromatic carbocycles. The van der Waals surface area contributed by atoms with Gasteiger partial charge in [-0.25, -0.2) is 4.98 Å². The van der Waals surface area contributed by atoms with Gasteiger partial charge in [-0.05, 0) is 11.4 Å². The van der Waals surface area contributed by atoms with E-state index in [0.717, 1.165) is 17.2 Å². The van der Waals surface area contributed by atoms with Gasteiger partial charge in [0, 0.05) is 23.5 Å². The topological polar surface area (TPSA) is 24.9 Å². The van der Waals surface area contributed by atoms with Crippen LogP contribution >= 0.6 is 34.3 Å². The maximum Gasteiger partial charge on any atom is 0.133 e. The highest BCUT2D eigenvalue weighted by molar-refractivity contribution is 7.20. The average molecular weight is 271 g/mol. The largest absolute Gasteiger partial charge is 0.306 e. The molecule has 1 N–H and O–H groups in total. The molecule has 0 saturated heterocycles. The molecule has 0 amide bonds. The van der Waals surface area contributed by atoms with Gasteiger partial charge in [0.1, 0.15) is 5.01 Å². The highest BCUT2D eigenvalue weighted by Gasteiger charge is 2.04. The fourth-order valence-corrected chi connectivity index (χ4v) is 2.96. The third-order valence-electron chi connectivity index (χ3n) is 1.91. The van der Waals surface area contributed by atoms with Gasteiger partial charge in [-0.3, -0.25) is 0 Å². The minimum Gasteiger partial charge on any atom is -0.306 e. The van der Waals surface area contributed by atoms with E-state index < -0.39 is 0 Å². The molecule has 0 unspecified atom stereocenters. The third kappa shape index (κ3) is 3.15. The summed E-state index contributed by atoms with van der Waals surface area (Å²) in [5.41, 5.74) is 1.05. The normalized spacial score (nSPS) is 10.6. The summed E-state index contributed by atoms with van der Waals surface area (Å²) in [6.45, 7) is 4.97. The standard InChI is InChI=1S/C11H11ClN2S2/c1-8(12)5-13-6-9-7-16-11(14-9)10-3-2-4-15-10/h2-4,7,13H,1,5-6H2. The zero-order chi connectivity index (χ0) is 11.4. The summed E-state index contributed by atoms with van der Waals surface area (Å²) >= 11 is 9.04. The van der Waals surface area contributed by atoms with Crippen molar-refractivity contribution in [2.24, 2.45) is 0 Å². The van der Waals surface area contributed by atoms with Crippen molar-refractivity contribution in [3.8, 4) is 9.88 Å². The summed E-state index contributed by atoms with van der Waals surface area (Å²) in [6, 6.07) is 4.12. The maximum atomic E-state index is 5.66. The van der Waals surface area contributed by atoms with Crippen molar-refractivity contribution >= 4 is 34.3 Å². The van der Waals surface area contributed by atoms with Gasteiger partial charge in [-0.2, -0.15) is 0 Å². The van der Waals surface area contributed by atoms with Gasteiger partial charge in [-0.15, -0.1) is 22.7 Å². The second-order valence-corrected chi connectivity index (χ2v) is 5.58. The number of thiophene rings is 1. The first-order chi connectivity index (χ1) is 7.75. The smallest absolute Gasteiger partial charge is 0.133 e. The minimum absolute atomic E-state index is 0.618. The molecule has 0 aliphatic carbocycles. The zero-order valence-corrected chi connectivity index (χ0v) is 11.0. The predicted octanol–water partition coefficient (Wildman–Crippen LogP) is 3.71. The van der Waals surface area contributed by atoms with Gasteiger partial charge in [0.25, 0.3) is 0 Å². The molecule has 0 radical (unpaired) electrons. The first kappa shape index (κ1) is 11.8. The zero-order valence-electron chi connectivity index (χ0n) is 8.57. The minimum atomic E-state index is 0.618. The Balaban J connectivity index is 1.95. The van der Waals surface area contributed by atoms with E-state index in [1.807, 2.05) is 6.07 Å². The van der Waals surface area contributed by atoms with E-state index >= 15 is 0 Å². The van der Waals surface area contributed by atoms with Crippen LogP contribution in [-0.2, 0) is 6.54 Å². The Labute approximate surface area is 108 Å². The van der Waals surface area contributed by atoms with E-state index in [4.69, 9.17) is 11.6 Å². The number of halogens is 1. The van der Waals surface area contributed by atoms with Gasteiger partial charge in [0.2, 0.25) is 0 Å². The molecule has 2 nitrogen and oxygen atoms in total. The van der Waals surface area contributed by atoms with Crippen molar-refractivity contribution in [2.75, 3.05) is 6.54 Å². The lowest BCUT2D eigenvalue weighted by molar-refractivity contribution is 0.741. The van der Waals surface area contributed by atoms with Crippen molar-refractivity contribution in [1.29, 1.82) is 0 Å². The van der Waals surface area contributed by atoms with Crippen LogP contribution in [0.1, 0.15) is 5.69 Å². The molecular formula is C11H11ClN2S2. The summed E-state index contributed by atoms with van der Waals surface area (Å²) in [4.78, 5) is 5.76. The van der Waals surface area contributed by atoms with Crippen LogP contribution in [0, 0.1) is 0 Å². The van der Waals surface area contributed by atoms with Crippen molar-refractivity contribution in [3.05, 3.63) is 40.2 Å². The number of rotatable bonds is 5. The Kier molecular flexibility index (Phi) is 4.12. The summed E-state index contributed by atoms with van der Waals surface area (Å²) in [5.74, 6) is 0. The highest BCUT2D eigenvalue weighted by Crippen LogP contribution is 2.27. The lowest BCUT2D eigenvalue weighted by atomic mass is 10.4. The monoisotopic (exact) mass is 270 g/mol. The average Bonchev–Trinajstić information content (AvgIpc) is 2.85. The molecule has 0 saturated carbocycles. The van der Waals surface area contributed by atoms with Gasteiger partial charge in [-0.1, -0.05) is 24.2 Å². The molecule has 5 heteroatoms. The van der Waals surface area contributed by atoms with Crippen molar-refractivity contribution in [2.45, 2.75) is 6.54 Å². The fraction of sp³-hybridized carbons (Fsp3) is 0.182. The number of hydrogen-bond donors (Lipinski definition) is 1. The molecule has 0 spiro atoms.